The minimum Gasteiger partial charge on any atom is -0.301 e. The van der Waals surface area contributed by atoms with E-state index in [1.807, 2.05) is 0 Å². The summed E-state index contributed by atoms with van der Waals surface area (Å²) in [7, 11) is 0. The minimum absolute atomic E-state index is 0.560. The van der Waals surface area contributed by atoms with E-state index in [1.165, 1.54) is 32.4 Å². The fraction of sp³-hybridized carbons (Fsp3) is 1.00. The molecule has 90 valence electrons. The van der Waals surface area contributed by atoms with Gasteiger partial charge in [0.25, 0.3) is 0 Å². The summed E-state index contributed by atoms with van der Waals surface area (Å²) in [5, 5.41) is 7.35. The summed E-state index contributed by atoms with van der Waals surface area (Å²) in [6.07, 6.45) is 4.48. The number of rotatable bonds is 5. The van der Waals surface area contributed by atoms with Gasteiger partial charge in [-0.25, -0.2) is 0 Å². The van der Waals surface area contributed by atoms with Crippen molar-refractivity contribution >= 4 is 0 Å². The van der Waals surface area contributed by atoms with E-state index >= 15 is 0 Å². The van der Waals surface area contributed by atoms with Crippen LogP contribution in [0.25, 0.3) is 0 Å². The van der Waals surface area contributed by atoms with Gasteiger partial charge < -0.3 is 10.6 Å². The Balaban J connectivity index is 2.35. The second-order valence-electron chi connectivity index (χ2n) is 5.26. The van der Waals surface area contributed by atoms with Crippen LogP contribution in [0.4, 0.5) is 0 Å². The van der Waals surface area contributed by atoms with Gasteiger partial charge in [0.05, 0.1) is 6.17 Å². The molecule has 2 nitrogen and oxygen atoms in total. The molecule has 0 aromatic carbocycles. The normalized spacial score (nSPS) is 29.4. The molecular formula is C13H28N2. The maximum Gasteiger partial charge on any atom is 0.0600 e. The van der Waals surface area contributed by atoms with Gasteiger partial charge >= 0.3 is 0 Å². The van der Waals surface area contributed by atoms with E-state index in [4.69, 9.17) is 0 Å². The lowest BCUT2D eigenvalue weighted by atomic mass is 9.90. The van der Waals surface area contributed by atoms with Crippen LogP contribution in [0.15, 0.2) is 0 Å². The highest BCUT2D eigenvalue weighted by atomic mass is 15.2. The Bertz CT molecular complexity index is 160. The highest BCUT2D eigenvalue weighted by molar-refractivity contribution is 4.82. The van der Waals surface area contributed by atoms with Gasteiger partial charge in [0.15, 0.2) is 0 Å². The SMILES string of the molecule is CCCC(CC)C1NCC(C(C)C)CN1. The van der Waals surface area contributed by atoms with Crippen LogP contribution >= 0.6 is 0 Å². The molecule has 1 rings (SSSR count). The summed E-state index contributed by atoms with van der Waals surface area (Å²) in [6.45, 7) is 11.6. The van der Waals surface area contributed by atoms with Crippen molar-refractivity contribution in [3.05, 3.63) is 0 Å². The van der Waals surface area contributed by atoms with Crippen LogP contribution in [0, 0.1) is 17.8 Å². The molecule has 2 N–H and O–H groups in total. The zero-order valence-corrected chi connectivity index (χ0v) is 10.8. The van der Waals surface area contributed by atoms with Gasteiger partial charge in [-0.15, -0.1) is 0 Å². The third-order valence-corrected chi connectivity index (χ3v) is 3.80. The van der Waals surface area contributed by atoms with E-state index in [2.05, 4.69) is 38.3 Å². The Morgan fingerprint density at radius 1 is 1.13 bits per heavy atom. The largest absolute Gasteiger partial charge is 0.301 e. The summed E-state index contributed by atoms with van der Waals surface area (Å²) in [6, 6.07) is 0. The van der Waals surface area contributed by atoms with E-state index in [1.54, 1.807) is 0 Å². The van der Waals surface area contributed by atoms with E-state index in [0.29, 0.717) is 6.17 Å². The molecule has 0 spiro atoms. The van der Waals surface area contributed by atoms with Gasteiger partial charge in [0.2, 0.25) is 0 Å². The summed E-state index contributed by atoms with van der Waals surface area (Å²) < 4.78 is 0. The standard InChI is InChI=1S/C13H28N2/c1-5-7-11(6-2)13-14-8-12(9-15-13)10(3)4/h10-15H,5-9H2,1-4H3. The lowest BCUT2D eigenvalue weighted by Gasteiger charge is -2.37. The molecular weight excluding hydrogens is 184 g/mol. The van der Waals surface area contributed by atoms with Crippen molar-refractivity contribution in [1.29, 1.82) is 0 Å². The molecule has 1 aliphatic rings. The molecule has 15 heavy (non-hydrogen) atoms. The molecule has 0 amide bonds. The highest BCUT2D eigenvalue weighted by Gasteiger charge is 2.26. The van der Waals surface area contributed by atoms with Crippen molar-refractivity contribution in [2.75, 3.05) is 13.1 Å². The molecule has 0 radical (unpaired) electrons. The fourth-order valence-corrected chi connectivity index (χ4v) is 2.48. The minimum atomic E-state index is 0.560. The Morgan fingerprint density at radius 2 is 1.73 bits per heavy atom. The summed E-state index contributed by atoms with van der Waals surface area (Å²) in [5.74, 6) is 2.40. The van der Waals surface area contributed by atoms with E-state index in [-0.39, 0.29) is 0 Å². The Kier molecular flexibility index (Phi) is 5.62. The Hall–Kier alpha value is -0.0800. The molecule has 1 heterocycles. The summed E-state index contributed by atoms with van der Waals surface area (Å²) in [4.78, 5) is 0. The first-order valence-electron chi connectivity index (χ1n) is 6.65. The lowest BCUT2D eigenvalue weighted by molar-refractivity contribution is 0.187. The van der Waals surface area contributed by atoms with Crippen molar-refractivity contribution < 1.29 is 0 Å². The Labute approximate surface area is 95.2 Å². The third kappa shape index (κ3) is 3.76. The molecule has 2 heteroatoms. The van der Waals surface area contributed by atoms with Gasteiger partial charge in [-0.3, -0.25) is 0 Å². The smallest absolute Gasteiger partial charge is 0.0600 e. The quantitative estimate of drug-likeness (QED) is 0.732. The Morgan fingerprint density at radius 3 is 2.13 bits per heavy atom. The molecule has 1 unspecified atom stereocenters. The van der Waals surface area contributed by atoms with E-state index in [9.17, 15) is 0 Å². The maximum atomic E-state index is 3.68. The average molecular weight is 212 g/mol. The van der Waals surface area contributed by atoms with Gasteiger partial charge in [-0.2, -0.15) is 0 Å². The molecule has 1 atom stereocenters. The van der Waals surface area contributed by atoms with Crippen LogP contribution in [0.2, 0.25) is 0 Å². The topological polar surface area (TPSA) is 24.1 Å². The molecule has 0 aromatic heterocycles. The molecule has 0 aromatic rings. The van der Waals surface area contributed by atoms with Crippen LogP contribution < -0.4 is 10.6 Å². The fourth-order valence-electron chi connectivity index (χ4n) is 2.48. The van der Waals surface area contributed by atoms with Crippen molar-refractivity contribution in [2.45, 2.75) is 53.1 Å². The van der Waals surface area contributed by atoms with Gasteiger partial charge in [0, 0.05) is 13.1 Å². The average Bonchev–Trinajstić information content (AvgIpc) is 2.26. The van der Waals surface area contributed by atoms with Crippen molar-refractivity contribution in [2.24, 2.45) is 17.8 Å². The monoisotopic (exact) mass is 212 g/mol. The molecule has 1 fully saturated rings. The van der Waals surface area contributed by atoms with Crippen LogP contribution in [-0.4, -0.2) is 19.3 Å². The zero-order chi connectivity index (χ0) is 11.3. The van der Waals surface area contributed by atoms with Gasteiger partial charge in [-0.1, -0.05) is 40.5 Å². The molecule has 1 saturated heterocycles. The zero-order valence-electron chi connectivity index (χ0n) is 10.8. The first-order valence-corrected chi connectivity index (χ1v) is 6.65. The van der Waals surface area contributed by atoms with E-state index in [0.717, 1.165) is 17.8 Å². The van der Waals surface area contributed by atoms with Crippen LogP contribution in [0.3, 0.4) is 0 Å². The first-order chi connectivity index (χ1) is 7.19. The molecule has 0 aliphatic carbocycles. The predicted molar refractivity (Wildman–Crippen MR) is 66.8 cm³/mol. The van der Waals surface area contributed by atoms with E-state index < -0.39 is 0 Å². The number of nitrogens with one attached hydrogen (secondary N) is 2. The van der Waals surface area contributed by atoms with Crippen LogP contribution in [0.5, 0.6) is 0 Å². The van der Waals surface area contributed by atoms with Crippen molar-refractivity contribution in [3.8, 4) is 0 Å². The van der Waals surface area contributed by atoms with Crippen LogP contribution in [-0.2, 0) is 0 Å². The molecule has 0 bridgehead atoms. The lowest BCUT2D eigenvalue weighted by Crippen LogP contribution is -2.56. The van der Waals surface area contributed by atoms with Crippen molar-refractivity contribution in [3.63, 3.8) is 0 Å². The second-order valence-corrected chi connectivity index (χ2v) is 5.26. The van der Waals surface area contributed by atoms with Gasteiger partial charge in [0.1, 0.15) is 0 Å². The molecule has 0 saturated carbocycles. The number of hydrogen-bond donors (Lipinski definition) is 2. The summed E-state index contributed by atoms with van der Waals surface area (Å²) in [5.41, 5.74) is 0. The third-order valence-electron chi connectivity index (χ3n) is 3.80. The van der Waals surface area contributed by atoms with Gasteiger partial charge in [-0.05, 0) is 24.2 Å². The van der Waals surface area contributed by atoms with Crippen LogP contribution in [0.1, 0.15) is 47.0 Å². The predicted octanol–water partition coefficient (Wildman–Crippen LogP) is 2.60. The summed E-state index contributed by atoms with van der Waals surface area (Å²) >= 11 is 0. The number of hydrogen-bond acceptors (Lipinski definition) is 2. The second kappa shape index (κ2) is 6.49. The maximum absolute atomic E-state index is 3.68. The first kappa shape index (κ1) is 13.0. The van der Waals surface area contributed by atoms with Crippen molar-refractivity contribution in [1.82, 2.24) is 10.6 Å². The highest BCUT2D eigenvalue weighted by Crippen LogP contribution is 2.19. The molecule has 1 aliphatic heterocycles.